The quantitative estimate of drug-likeness (QED) is 0.519. The van der Waals surface area contributed by atoms with E-state index in [0.717, 1.165) is 0 Å². The first kappa shape index (κ1) is 9.37. The largest absolute Gasteiger partial charge is 0.464 e. The fourth-order valence-electron chi connectivity index (χ4n) is 0.958. The van der Waals surface area contributed by atoms with Crippen molar-refractivity contribution >= 4 is 11.8 Å². The molecule has 0 N–H and O–H groups in total. The van der Waals surface area contributed by atoms with Crippen LogP contribution in [0, 0.1) is 4.91 Å². The van der Waals surface area contributed by atoms with Crippen molar-refractivity contribution in [1.82, 2.24) is 9.78 Å². The molecule has 0 aliphatic rings. The van der Waals surface area contributed by atoms with Crippen molar-refractivity contribution < 1.29 is 9.53 Å². The van der Waals surface area contributed by atoms with Crippen LogP contribution in [0.15, 0.2) is 11.2 Å². The van der Waals surface area contributed by atoms with E-state index in [1.54, 1.807) is 6.92 Å². The summed E-state index contributed by atoms with van der Waals surface area (Å²) in [6.45, 7) is 2.29. The van der Waals surface area contributed by atoms with E-state index in [4.69, 9.17) is 0 Å². The minimum atomic E-state index is -0.524. The number of hydrogen-bond acceptors (Lipinski definition) is 5. The van der Waals surface area contributed by atoms with Gasteiger partial charge in [0.25, 0.3) is 0 Å². The summed E-state index contributed by atoms with van der Waals surface area (Å²) >= 11 is 0. The van der Waals surface area contributed by atoms with Crippen molar-refractivity contribution in [3.8, 4) is 0 Å². The molecule has 0 saturated heterocycles. The Labute approximate surface area is 74.5 Å². The van der Waals surface area contributed by atoms with Crippen LogP contribution in [-0.4, -0.2) is 22.9 Å². The molecular weight excluding hydrogens is 174 g/mol. The van der Waals surface area contributed by atoms with Gasteiger partial charge in [-0.05, 0) is 12.1 Å². The molecule has 1 aromatic heterocycles. The number of aryl methyl sites for hydroxylation is 1. The Morgan fingerprint density at radius 3 is 2.92 bits per heavy atom. The number of nitrogens with zero attached hydrogens (tertiary/aromatic N) is 3. The van der Waals surface area contributed by atoms with Crippen LogP contribution >= 0.6 is 0 Å². The molecule has 0 saturated carbocycles. The maximum Gasteiger partial charge on any atom is 0.356 e. The number of carbonyl (C=O) groups is 1. The lowest BCUT2D eigenvalue weighted by molar-refractivity contribution is 0.0587. The number of methoxy groups -OCH3 is 1. The molecule has 6 nitrogen and oxygen atoms in total. The minimum absolute atomic E-state index is 0.0118. The normalized spacial score (nSPS) is 9.69. The maximum atomic E-state index is 11.1. The van der Waals surface area contributed by atoms with Gasteiger partial charge in [0.15, 0.2) is 0 Å². The van der Waals surface area contributed by atoms with Gasteiger partial charge in [-0.2, -0.15) is 0 Å². The first-order valence-corrected chi connectivity index (χ1v) is 3.72. The van der Waals surface area contributed by atoms with E-state index in [9.17, 15) is 9.70 Å². The first-order valence-electron chi connectivity index (χ1n) is 3.72. The second-order valence-electron chi connectivity index (χ2n) is 2.29. The van der Waals surface area contributed by atoms with Crippen molar-refractivity contribution in [2.45, 2.75) is 13.5 Å². The van der Waals surface area contributed by atoms with Gasteiger partial charge >= 0.3 is 5.97 Å². The summed E-state index contributed by atoms with van der Waals surface area (Å²) in [5, 5.41) is 6.38. The third-order valence-corrected chi connectivity index (χ3v) is 1.55. The summed E-state index contributed by atoms with van der Waals surface area (Å²) in [6, 6.07) is 1.29. The van der Waals surface area contributed by atoms with E-state index in [-0.39, 0.29) is 11.5 Å². The monoisotopic (exact) mass is 183 g/mol. The highest BCUT2D eigenvalue weighted by molar-refractivity contribution is 5.88. The number of nitroso groups, excluding NO2 is 1. The Hall–Kier alpha value is -1.72. The number of hydrogen-bond donors (Lipinski definition) is 0. The second kappa shape index (κ2) is 3.79. The highest BCUT2D eigenvalue weighted by atomic mass is 16.5. The molecule has 0 spiro atoms. The zero-order valence-corrected chi connectivity index (χ0v) is 7.35. The molecule has 0 fully saturated rings. The van der Waals surface area contributed by atoms with Crippen molar-refractivity contribution in [2.24, 2.45) is 5.18 Å². The Bertz CT molecular complexity index is 332. The average molecular weight is 183 g/mol. The number of aromatic nitrogens is 2. The van der Waals surface area contributed by atoms with Crippen molar-refractivity contribution in [1.29, 1.82) is 0 Å². The van der Waals surface area contributed by atoms with Gasteiger partial charge in [0.05, 0.1) is 7.11 Å². The molecule has 13 heavy (non-hydrogen) atoms. The molecular formula is C7H9N3O3. The van der Waals surface area contributed by atoms with Gasteiger partial charge in [-0.1, -0.05) is 0 Å². The predicted octanol–water partition coefficient (Wildman–Crippen LogP) is 1.09. The van der Waals surface area contributed by atoms with Crippen LogP contribution in [0.3, 0.4) is 0 Å². The van der Waals surface area contributed by atoms with Crippen LogP contribution < -0.4 is 0 Å². The van der Waals surface area contributed by atoms with E-state index in [0.29, 0.717) is 6.54 Å². The molecule has 0 unspecified atom stereocenters. The Kier molecular flexibility index (Phi) is 2.73. The smallest absolute Gasteiger partial charge is 0.356 e. The van der Waals surface area contributed by atoms with Crippen LogP contribution in [-0.2, 0) is 11.3 Å². The summed E-state index contributed by atoms with van der Waals surface area (Å²) in [7, 11) is 1.27. The summed E-state index contributed by atoms with van der Waals surface area (Å²) in [5.74, 6) is -0.536. The Morgan fingerprint density at radius 1 is 1.77 bits per heavy atom. The minimum Gasteiger partial charge on any atom is -0.464 e. The second-order valence-corrected chi connectivity index (χ2v) is 2.29. The predicted molar refractivity (Wildman–Crippen MR) is 44.7 cm³/mol. The highest BCUT2D eigenvalue weighted by Gasteiger charge is 2.14. The summed E-state index contributed by atoms with van der Waals surface area (Å²) in [6.07, 6.45) is 0. The van der Waals surface area contributed by atoms with Crippen LogP contribution in [0.2, 0.25) is 0 Å². The van der Waals surface area contributed by atoms with E-state index in [2.05, 4.69) is 15.0 Å². The SMILES string of the molecule is CCn1nc(N=O)cc1C(=O)OC. The van der Waals surface area contributed by atoms with Gasteiger partial charge in [0, 0.05) is 12.6 Å². The molecule has 1 aromatic rings. The van der Waals surface area contributed by atoms with Gasteiger partial charge in [-0.25, -0.2) is 4.79 Å². The van der Waals surface area contributed by atoms with E-state index in [1.165, 1.54) is 17.9 Å². The third-order valence-electron chi connectivity index (χ3n) is 1.55. The van der Waals surface area contributed by atoms with Crippen molar-refractivity contribution in [2.75, 3.05) is 7.11 Å². The van der Waals surface area contributed by atoms with Crippen molar-refractivity contribution in [3.63, 3.8) is 0 Å². The van der Waals surface area contributed by atoms with Gasteiger partial charge < -0.3 is 4.74 Å². The lowest BCUT2D eigenvalue weighted by atomic mass is 10.4. The van der Waals surface area contributed by atoms with Gasteiger partial charge in [-0.3, -0.25) is 4.68 Å². The molecule has 0 aliphatic carbocycles. The summed E-state index contributed by atoms with van der Waals surface area (Å²) < 4.78 is 5.86. The molecule has 0 aliphatic heterocycles. The molecule has 0 bridgehead atoms. The number of ether oxygens (including phenoxy) is 1. The van der Waals surface area contributed by atoms with Crippen LogP contribution in [0.5, 0.6) is 0 Å². The van der Waals surface area contributed by atoms with Gasteiger partial charge in [0.2, 0.25) is 5.82 Å². The Balaban J connectivity index is 3.10. The molecule has 0 amide bonds. The average Bonchev–Trinajstić information content (AvgIpc) is 2.59. The summed E-state index contributed by atoms with van der Waals surface area (Å²) in [5.41, 5.74) is 0.236. The van der Waals surface area contributed by atoms with E-state index < -0.39 is 5.97 Å². The maximum absolute atomic E-state index is 11.1. The topological polar surface area (TPSA) is 73.5 Å². The lowest BCUT2D eigenvalue weighted by Gasteiger charge is -2.00. The third kappa shape index (κ3) is 1.71. The molecule has 0 radical (unpaired) electrons. The molecule has 70 valence electrons. The lowest BCUT2D eigenvalue weighted by Crippen LogP contribution is -2.10. The highest BCUT2D eigenvalue weighted by Crippen LogP contribution is 2.12. The van der Waals surface area contributed by atoms with Crippen LogP contribution in [0.25, 0.3) is 0 Å². The van der Waals surface area contributed by atoms with Crippen LogP contribution in [0.4, 0.5) is 5.82 Å². The molecule has 0 atom stereocenters. The first-order chi connectivity index (χ1) is 6.22. The molecule has 1 rings (SSSR count). The fourth-order valence-corrected chi connectivity index (χ4v) is 0.958. The number of rotatable bonds is 3. The van der Waals surface area contributed by atoms with Crippen molar-refractivity contribution in [3.05, 3.63) is 16.7 Å². The van der Waals surface area contributed by atoms with Gasteiger partial charge in [-0.15, -0.1) is 10.0 Å². The van der Waals surface area contributed by atoms with Crippen LogP contribution in [0.1, 0.15) is 17.4 Å². The standard InChI is InChI=1S/C7H9N3O3/c1-3-10-5(7(11)13-2)4-6(8-10)9-12/h4H,3H2,1-2H3. The fraction of sp³-hybridized carbons (Fsp3) is 0.429. The molecule has 6 heteroatoms. The molecule has 0 aromatic carbocycles. The zero-order valence-electron chi connectivity index (χ0n) is 7.35. The zero-order chi connectivity index (χ0) is 9.84. The molecule has 1 heterocycles. The number of esters is 1. The summed E-state index contributed by atoms with van der Waals surface area (Å²) in [4.78, 5) is 21.2. The van der Waals surface area contributed by atoms with Gasteiger partial charge in [0.1, 0.15) is 5.69 Å². The van der Waals surface area contributed by atoms with E-state index >= 15 is 0 Å². The van der Waals surface area contributed by atoms with E-state index in [1.807, 2.05) is 0 Å². The number of carbonyl (C=O) groups excluding carboxylic acids is 1. The Morgan fingerprint density at radius 2 is 2.46 bits per heavy atom.